The van der Waals surface area contributed by atoms with Gasteiger partial charge in [-0.2, -0.15) is 4.65 Å². The van der Waals surface area contributed by atoms with Crippen molar-refractivity contribution in [2.75, 3.05) is 20.1 Å². The van der Waals surface area contributed by atoms with E-state index in [9.17, 15) is 5.21 Å². The molecule has 0 aliphatic carbocycles. The molecule has 0 saturated heterocycles. The molecule has 1 N–H and O–H groups in total. The molecule has 25 heavy (non-hydrogen) atoms. The van der Waals surface area contributed by atoms with E-state index in [1.54, 1.807) is 0 Å². The van der Waals surface area contributed by atoms with Gasteiger partial charge >= 0.3 is 0 Å². The van der Waals surface area contributed by atoms with Crippen LogP contribution in [-0.4, -0.2) is 30.0 Å². The fraction of sp³-hybridized carbons (Fsp3) is 1.00. The first-order valence-electron chi connectivity index (χ1n) is 11.7. The van der Waals surface area contributed by atoms with Gasteiger partial charge in [0.05, 0.1) is 7.05 Å². The zero-order chi connectivity index (χ0) is 18.6. The molecule has 1 unspecified atom stereocenters. The van der Waals surface area contributed by atoms with Crippen molar-refractivity contribution in [3.05, 3.63) is 0 Å². The van der Waals surface area contributed by atoms with Gasteiger partial charge in [-0.25, -0.2) is 5.21 Å². The average Bonchev–Trinajstić information content (AvgIpc) is 2.59. The maximum absolute atomic E-state index is 10.4. The number of unbranched alkanes of at least 4 members (excludes halogenated alkanes) is 16. The van der Waals surface area contributed by atoms with Crippen LogP contribution in [0.15, 0.2) is 0 Å². The van der Waals surface area contributed by atoms with Crippen LogP contribution in [0.5, 0.6) is 0 Å². The quantitative estimate of drug-likeness (QED) is 0.134. The summed E-state index contributed by atoms with van der Waals surface area (Å²) < 4.78 is 0.243. The number of nitrogens with zero attached hydrogens (tertiary/aromatic N) is 1. The number of hydrogen-bond donors (Lipinski definition) is 1. The van der Waals surface area contributed by atoms with E-state index in [4.69, 9.17) is 0 Å². The lowest BCUT2D eigenvalue weighted by Crippen LogP contribution is -2.41. The van der Waals surface area contributed by atoms with Gasteiger partial charge in [-0.05, 0) is 25.7 Å². The highest BCUT2D eigenvalue weighted by Crippen LogP contribution is 2.13. The molecule has 0 aromatic heterocycles. The normalized spacial score (nSPS) is 13.9. The van der Waals surface area contributed by atoms with E-state index < -0.39 is 0 Å². The van der Waals surface area contributed by atoms with E-state index in [1.807, 2.05) is 7.05 Å². The minimum absolute atomic E-state index is 0.243. The van der Waals surface area contributed by atoms with Crippen LogP contribution in [0.1, 0.15) is 129 Å². The van der Waals surface area contributed by atoms with Crippen LogP contribution in [0.25, 0.3) is 0 Å². The molecule has 0 rings (SSSR count). The van der Waals surface area contributed by atoms with Crippen molar-refractivity contribution in [1.82, 2.24) is 0 Å². The summed E-state index contributed by atoms with van der Waals surface area (Å²) >= 11 is 0. The van der Waals surface area contributed by atoms with Crippen LogP contribution in [0.2, 0.25) is 0 Å². The Morgan fingerprint density at radius 3 is 0.960 bits per heavy atom. The van der Waals surface area contributed by atoms with E-state index in [0.717, 1.165) is 13.1 Å². The van der Waals surface area contributed by atoms with E-state index in [0.29, 0.717) is 0 Å². The molecule has 152 valence electrons. The Morgan fingerprint density at radius 2 is 0.680 bits per heavy atom. The second-order valence-corrected chi connectivity index (χ2v) is 8.44. The van der Waals surface area contributed by atoms with Gasteiger partial charge in [0.15, 0.2) is 0 Å². The van der Waals surface area contributed by atoms with Crippen LogP contribution in [-0.2, 0) is 0 Å². The second kappa shape index (κ2) is 18.7. The molecule has 2 heteroatoms. The van der Waals surface area contributed by atoms with Crippen molar-refractivity contribution in [3.63, 3.8) is 0 Å². The van der Waals surface area contributed by atoms with Gasteiger partial charge in [-0.3, -0.25) is 0 Å². The largest absolute Gasteiger partial charge is 0.217 e. The zero-order valence-corrected chi connectivity index (χ0v) is 18.0. The molecule has 0 amide bonds. The average molecular weight is 357 g/mol. The third-order valence-electron chi connectivity index (χ3n) is 5.49. The minimum atomic E-state index is 0.243. The summed E-state index contributed by atoms with van der Waals surface area (Å²) in [6, 6.07) is 0. The molecular formula is C23H50NO+. The van der Waals surface area contributed by atoms with E-state index in [-0.39, 0.29) is 4.65 Å². The summed E-state index contributed by atoms with van der Waals surface area (Å²) in [7, 11) is 2.00. The predicted octanol–water partition coefficient (Wildman–Crippen LogP) is 7.88. The number of hydrogen-bond acceptors (Lipinski definition) is 1. The summed E-state index contributed by atoms with van der Waals surface area (Å²) in [5.74, 6) is 0. The monoisotopic (exact) mass is 356 g/mol. The Morgan fingerprint density at radius 1 is 0.440 bits per heavy atom. The van der Waals surface area contributed by atoms with Crippen molar-refractivity contribution in [2.24, 2.45) is 0 Å². The Labute approximate surface area is 159 Å². The number of hydroxylamine groups is 3. The first-order chi connectivity index (χ1) is 12.1. The van der Waals surface area contributed by atoms with Crippen LogP contribution < -0.4 is 0 Å². The molecule has 0 aromatic rings. The highest BCUT2D eigenvalue weighted by atomic mass is 16.5. The first kappa shape index (κ1) is 24.9. The van der Waals surface area contributed by atoms with Gasteiger partial charge in [0.2, 0.25) is 0 Å². The van der Waals surface area contributed by atoms with Gasteiger partial charge in [0.25, 0.3) is 0 Å². The molecular weight excluding hydrogens is 306 g/mol. The van der Waals surface area contributed by atoms with E-state index >= 15 is 0 Å². The van der Waals surface area contributed by atoms with Crippen molar-refractivity contribution in [2.45, 2.75) is 129 Å². The highest BCUT2D eigenvalue weighted by Gasteiger charge is 2.17. The molecule has 2 nitrogen and oxygen atoms in total. The molecule has 0 bridgehead atoms. The van der Waals surface area contributed by atoms with Gasteiger partial charge in [-0.15, -0.1) is 0 Å². The minimum Gasteiger partial charge on any atom is -0.217 e. The summed E-state index contributed by atoms with van der Waals surface area (Å²) in [6.07, 6.45) is 24.4. The summed E-state index contributed by atoms with van der Waals surface area (Å²) in [6.45, 7) is 6.43. The SMILES string of the molecule is CCCCCCCCCCCC[N+](C)(O)CCCCCCCCCC. The first-order valence-corrected chi connectivity index (χ1v) is 11.7. The van der Waals surface area contributed by atoms with Crippen molar-refractivity contribution < 1.29 is 9.85 Å². The van der Waals surface area contributed by atoms with Crippen molar-refractivity contribution in [3.8, 4) is 0 Å². The maximum Gasteiger partial charge on any atom is 0.108 e. The molecule has 0 saturated carbocycles. The maximum atomic E-state index is 10.4. The molecule has 0 aliphatic rings. The van der Waals surface area contributed by atoms with Crippen molar-refractivity contribution >= 4 is 0 Å². The smallest absolute Gasteiger partial charge is 0.108 e. The number of quaternary nitrogens is 1. The van der Waals surface area contributed by atoms with Gasteiger partial charge in [0, 0.05) is 0 Å². The van der Waals surface area contributed by atoms with Gasteiger partial charge in [-0.1, -0.05) is 104 Å². The Bertz CT molecular complexity index is 252. The lowest BCUT2D eigenvalue weighted by molar-refractivity contribution is -1.09. The van der Waals surface area contributed by atoms with Crippen LogP contribution >= 0.6 is 0 Å². The molecule has 0 heterocycles. The standard InChI is InChI=1S/C23H50NO/c1-4-6-8-10-12-14-15-17-19-21-23-24(3,25)22-20-18-16-13-11-9-7-5-2/h25H,4-23H2,1-3H3/q+1. The fourth-order valence-electron chi connectivity index (χ4n) is 3.64. The third kappa shape index (κ3) is 20.1. The molecule has 0 fully saturated rings. The Balaban J connectivity index is 3.32. The molecule has 0 aromatic carbocycles. The van der Waals surface area contributed by atoms with Crippen LogP contribution in [0.3, 0.4) is 0 Å². The number of rotatable bonds is 20. The molecule has 0 radical (unpaired) electrons. The predicted molar refractivity (Wildman–Crippen MR) is 112 cm³/mol. The summed E-state index contributed by atoms with van der Waals surface area (Å²) in [4.78, 5) is 0. The van der Waals surface area contributed by atoms with Crippen LogP contribution in [0, 0.1) is 0 Å². The lowest BCUT2D eigenvalue weighted by Gasteiger charge is -2.25. The van der Waals surface area contributed by atoms with E-state index in [2.05, 4.69) is 13.8 Å². The second-order valence-electron chi connectivity index (χ2n) is 8.44. The lowest BCUT2D eigenvalue weighted by atomic mass is 10.1. The fourth-order valence-corrected chi connectivity index (χ4v) is 3.64. The van der Waals surface area contributed by atoms with Gasteiger partial charge < -0.3 is 0 Å². The highest BCUT2D eigenvalue weighted by molar-refractivity contribution is 4.48. The van der Waals surface area contributed by atoms with Crippen molar-refractivity contribution in [1.29, 1.82) is 0 Å². The third-order valence-corrected chi connectivity index (χ3v) is 5.49. The topological polar surface area (TPSA) is 20.2 Å². The van der Waals surface area contributed by atoms with Gasteiger partial charge in [0.1, 0.15) is 13.1 Å². The Kier molecular flexibility index (Phi) is 18.6. The summed E-state index contributed by atoms with van der Waals surface area (Å²) in [5, 5.41) is 10.4. The molecule has 1 atom stereocenters. The zero-order valence-electron chi connectivity index (χ0n) is 18.0. The Hall–Kier alpha value is -0.0800. The van der Waals surface area contributed by atoms with Crippen LogP contribution in [0.4, 0.5) is 0 Å². The summed E-state index contributed by atoms with van der Waals surface area (Å²) in [5.41, 5.74) is 0. The molecule has 0 aliphatic heterocycles. The molecule has 0 spiro atoms. The van der Waals surface area contributed by atoms with E-state index in [1.165, 1.54) is 116 Å².